The van der Waals surface area contributed by atoms with Crippen LogP contribution < -0.4 is 4.74 Å². The van der Waals surface area contributed by atoms with E-state index in [0.29, 0.717) is 30.9 Å². The Hall–Kier alpha value is -0.940. The van der Waals surface area contributed by atoms with E-state index in [4.69, 9.17) is 14.2 Å². The van der Waals surface area contributed by atoms with Crippen molar-refractivity contribution in [3.05, 3.63) is 18.5 Å². The van der Waals surface area contributed by atoms with Crippen LogP contribution in [0.15, 0.2) is 18.5 Å². The molecule has 0 saturated heterocycles. The van der Waals surface area contributed by atoms with Crippen molar-refractivity contribution in [1.29, 1.82) is 0 Å². The number of thioether (sulfide) groups is 1. The molecule has 1 aromatic rings. The van der Waals surface area contributed by atoms with Gasteiger partial charge < -0.3 is 14.2 Å². The summed E-state index contributed by atoms with van der Waals surface area (Å²) in [6.07, 6.45) is 17.4. The fourth-order valence-corrected chi connectivity index (χ4v) is 5.93. The second-order valence-electron chi connectivity index (χ2n) is 12.4. The van der Waals surface area contributed by atoms with Crippen LogP contribution >= 0.6 is 11.8 Å². The monoisotopic (exact) mass is 632 g/mol. The first-order valence-electron chi connectivity index (χ1n) is 16.1. The van der Waals surface area contributed by atoms with Crippen LogP contribution in [-0.2, 0) is 23.8 Å². The van der Waals surface area contributed by atoms with Gasteiger partial charge in [0.2, 0.25) is 0 Å². The molecule has 4 unspecified atom stereocenters. The van der Waals surface area contributed by atoms with E-state index in [-0.39, 0.29) is 19.3 Å². The summed E-state index contributed by atoms with van der Waals surface area (Å²) in [6, 6.07) is 2.11. The van der Waals surface area contributed by atoms with Crippen molar-refractivity contribution in [3.63, 3.8) is 0 Å². The summed E-state index contributed by atoms with van der Waals surface area (Å²) in [4.78, 5) is 8.36. The van der Waals surface area contributed by atoms with Gasteiger partial charge in [0, 0.05) is 30.5 Å². The fourth-order valence-electron chi connectivity index (χ4n) is 4.73. The van der Waals surface area contributed by atoms with Crippen LogP contribution in [0.3, 0.4) is 0 Å². The van der Waals surface area contributed by atoms with Crippen molar-refractivity contribution >= 4 is 21.9 Å². The maximum absolute atomic E-state index is 11.0. The quantitative estimate of drug-likeness (QED) is 0.0690. The first-order chi connectivity index (χ1) is 20.0. The number of rotatable bonds is 28. The van der Waals surface area contributed by atoms with Gasteiger partial charge in [0.1, 0.15) is 6.10 Å². The summed E-state index contributed by atoms with van der Waals surface area (Å²) in [6.45, 7) is 13.8. The summed E-state index contributed by atoms with van der Waals surface area (Å²) in [7, 11) is -3.43. The van der Waals surface area contributed by atoms with Crippen LogP contribution in [0.25, 0.3) is 0 Å². The lowest BCUT2D eigenvalue weighted by Crippen LogP contribution is -2.27. The highest BCUT2D eigenvalue weighted by Crippen LogP contribution is 2.22. The Morgan fingerprint density at radius 2 is 1.31 bits per heavy atom. The highest BCUT2D eigenvalue weighted by atomic mass is 32.2. The van der Waals surface area contributed by atoms with Gasteiger partial charge in [-0.25, -0.2) is 9.97 Å². The zero-order valence-electron chi connectivity index (χ0n) is 27.3. The molecule has 4 atom stereocenters. The van der Waals surface area contributed by atoms with Crippen molar-refractivity contribution in [2.75, 3.05) is 50.8 Å². The minimum atomic E-state index is -3.43. The molecule has 246 valence electrons. The molecule has 42 heavy (non-hydrogen) atoms. The van der Waals surface area contributed by atoms with Crippen molar-refractivity contribution in [2.24, 2.45) is 23.7 Å². The van der Waals surface area contributed by atoms with Crippen molar-refractivity contribution in [2.45, 2.75) is 105 Å². The van der Waals surface area contributed by atoms with Gasteiger partial charge in [-0.3, -0.25) is 4.18 Å². The predicted octanol–water partition coefficient (Wildman–Crippen LogP) is 7.43. The number of nitrogens with zero attached hydrogens (tertiary/aromatic N) is 2. The first kappa shape index (κ1) is 39.1. The highest BCUT2D eigenvalue weighted by Gasteiger charge is 2.14. The first-order valence-corrected chi connectivity index (χ1v) is 19.0. The minimum Gasteiger partial charge on any atom is -0.457 e. The Morgan fingerprint density at radius 1 is 0.738 bits per heavy atom. The second kappa shape index (κ2) is 24.4. The molecular formula is C32H60N2O6S2. The third-order valence-electron chi connectivity index (χ3n) is 7.34. The lowest BCUT2D eigenvalue weighted by Gasteiger charge is -2.19. The van der Waals surface area contributed by atoms with Gasteiger partial charge in [-0.1, -0.05) is 92.4 Å². The molecule has 0 fully saturated rings. The van der Waals surface area contributed by atoms with Gasteiger partial charge >= 0.3 is 6.01 Å². The maximum atomic E-state index is 11.0. The van der Waals surface area contributed by atoms with E-state index >= 15 is 0 Å². The Labute approximate surface area is 262 Å². The molecule has 1 aromatic heterocycles. The molecule has 0 aliphatic heterocycles. The molecule has 0 saturated carbocycles. The largest absolute Gasteiger partial charge is 0.457 e. The normalized spacial score (nSPS) is 15.0. The molecule has 0 amide bonds. The lowest BCUT2D eigenvalue weighted by atomic mass is 9.91. The second-order valence-corrected chi connectivity index (χ2v) is 15.1. The Balaban J connectivity index is 2.18. The zero-order valence-corrected chi connectivity index (χ0v) is 28.9. The number of ether oxygens (including phenoxy) is 3. The lowest BCUT2D eigenvalue weighted by molar-refractivity contribution is 0.0498. The molecule has 0 aromatic carbocycles. The molecule has 0 spiro atoms. The highest BCUT2D eigenvalue weighted by molar-refractivity contribution is 7.99. The summed E-state index contributed by atoms with van der Waals surface area (Å²) >= 11 is 1.69. The van der Waals surface area contributed by atoms with Crippen LogP contribution in [0.5, 0.6) is 6.01 Å². The Kier molecular flexibility index (Phi) is 22.7. The molecular weight excluding hydrogens is 572 g/mol. The van der Waals surface area contributed by atoms with Crippen molar-refractivity contribution in [3.8, 4) is 6.01 Å². The molecule has 0 aliphatic carbocycles. The molecule has 10 heteroatoms. The van der Waals surface area contributed by atoms with Gasteiger partial charge in [-0.05, 0) is 36.2 Å². The smallest absolute Gasteiger partial charge is 0.316 e. The zero-order chi connectivity index (χ0) is 31.1. The summed E-state index contributed by atoms with van der Waals surface area (Å²) < 4.78 is 44.1. The standard InChI is InChI=1S/C32H60N2O6S2/c1-27(2)11-7-12-28(3)13-8-14-29(4)15-9-16-30(5)17-20-38-25-31(40-32-33-18-10-19-34-32)26-41-24-23-37-21-22-39-42(6,35)36/h10,18-19,27-31H,7-9,11-17,20-26H2,1-6H3. The minimum absolute atomic E-state index is 0.0317. The maximum Gasteiger partial charge on any atom is 0.316 e. The SMILES string of the molecule is CC(C)CCCC(C)CCCC(C)CCCC(C)CCOCC(CSCCOCCOS(C)(=O)=O)Oc1ncccn1. The van der Waals surface area contributed by atoms with E-state index in [1.165, 1.54) is 57.8 Å². The van der Waals surface area contributed by atoms with Gasteiger partial charge in [0.25, 0.3) is 10.1 Å². The van der Waals surface area contributed by atoms with E-state index in [9.17, 15) is 8.42 Å². The summed E-state index contributed by atoms with van der Waals surface area (Å²) in [5.41, 5.74) is 0. The van der Waals surface area contributed by atoms with Gasteiger partial charge in [-0.2, -0.15) is 20.2 Å². The predicted molar refractivity (Wildman–Crippen MR) is 175 cm³/mol. The van der Waals surface area contributed by atoms with Crippen LogP contribution in [0.2, 0.25) is 0 Å². The third-order valence-corrected chi connectivity index (χ3v) is 9.00. The molecule has 8 nitrogen and oxygen atoms in total. The molecule has 0 radical (unpaired) electrons. The van der Waals surface area contributed by atoms with E-state index in [1.54, 1.807) is 30.2 Å². The van der Waals surface area contributed by atoms with Crippen LogP contribution in [0.1, 0.15) is 98.8 Å². The van der Waals surface area contributed by atoms with E-state index in [2.05, 4.69) is 48.8 Å². The summed E-state index contributed by atoms with van der Waals surface area (Å²) in [5.74, 6) is 4.63. The average Bonchev–Trinajstić information content (AvgIpc) is 2.92. The molecule has 1 rings (SSSR count). The third kappa shape index (κ3) is 24.5. The molecule has 0 bridgehead atoms. The Bertz CT molecular complexity index is 860. The van der Waals surface area contributed by atoms with Crippen molar-refractivity contribution in [1.82, 2.24) is 9.97 Å². The number of hydrogen-bond donors (Lipinski definition) is 0. The molecule has 0 N–H and O–H groups in total. The van der Waals surface area contributed by atoms with E-state index < -0.39 is 10.1 Å². The molecule has 0 aliphatic rings. The number of hydrogen-bond acceptors (Lipinski definition) is 9. The van der Waals surface area contributed by atoms with Crippen molar-refractivity contribution < 1.29 is 26.8 Å². The topological polar surface area (TPSA) is 96.8 Å². The van der Waals surface area contributed by atoms with Gasteiger partial charge in [0.05, 0.1) is 32.7 Å². The van der Waals surface area contributed by atoms with Gasteiger partial charge in [0.15, 0.2) is 0 Å². The van der Waals surface area contributed by atoms with E-state index in [1.807, 2.05) is 0 Å². The number of aromatic nitrogens is 2. The van der Waals surface area contributed by atoms with Crippen LogP contribution in [0.4, 0.5) is 0 Å². The fraction of sp³-hybridized carbons (Fsp3) is 0.875. The molecule has 1 heterocycles. The summed E-state index contributed by atoms with van der Waals surface area (Å²) in [5, 5.41) is 0. The van der Waals surface area contributed by atoms with Crippen LogP contribution in [0, 0.1) is 23.7 Å². The Morgan fingerprint density at radius 3 is 1.88 bits per heavy atom. The van der Waals surface area contributed by atoms with Crippen LogP contribution in [-0.4, -0.2) is 75.3 Å². The van der Waals surface area contributed by atoms with E-state index in [0.717, 1.165) is 42.8 Å². The average molecular weight is 633 g/mol. The van der Waals surface area contributed by atoms with Gasteiger partial charge in [-0.15, -0.1) is 0 Å².